The van der Waals surface area contributed by atoms with Crippen molar-refractivity contribution in [2.24, 2.45) is 5.73 Å². The average Bonchev–Trinajstić information content (AvgIpc) is 2.67. The Morgan fingerprint density at radius 1 is 0.923 bits per heavy atom. The average molecular weight is 338 g/mol. The molecule has 3 N–H and O–H groups in total. The van der Waals surface area contributed by atoms with Crippen LogP contribution in [0.15, 0.2) is 79.5 Å². The zero-order valence-corrected chi connectivity index (χ0v) is 14.2. The van der Waals surface area contributed by atoms with E-state index in [0.29, 0.717) is 11.5 Å². The fraction of sp³-hybridized carbons (Fsp3) is 0. The van der Waals surface area contributed by atoms with Gasteiger partial charge in [0, 0.05) is 11.8 Å². The second-order valence-corrected chi connectivity index (χ2v) is 6.06. The topological polar surface area (TPSA) is 66.0 Å². The maximum absolute atomic E-state index is 7.66. The summed E-state index contributed by atoms with van der Waals surface area (Å²) in [5, 5.41) is 7.66. The van der Waals surface area contributed by atoms with Gasteiger partial charge in [-0.15, -0.1) is 0 Å². The molecule has 4 nitrogen and oxygen atoms in total. The molecule has 1 aromatic heterocycles. The number of pyridine rings is 1. The quantitative estimate of drug-likeness (QED) is 0.532. The van der Waals surface area contributed by atoms with Crippen LogP contribution in [-0.2, 0) is 0 Å². The molecular formula is C22H18N4. The molecule has 3 aromatic rings. The summed E-state index contributed by atoms with van der Waals surface area (Å²) in [7, 11) is 0. The van der Waals surface area contributed by atoms with E-state index in [4.69, 9.17) is 11.1 Å². The number of amidine groups is 1. The number of nitrogen functional groups attached to an aromatic ring is 1. The molecular weight excluding hydrogens is 320 g/mol. The van der Waals surface area contributed by atoms with E-state index in [9.17, 15) is 0 Å². The molecule has 0 spiro atoms. The molecule has 0 fully saturated rings. The number of para-hydroxylation sites is 1. The maximum atomic E-state index is 7.66. The molecule has 0 saturated heterocycles. The minimum Gasteiger partial charge on any atom is -0.382 e. The third-order valence-electron chi connectivity index (χ3n) is 4.43. The number of nitrogens with one attached hydrogen (secondary N) is 1. The van der Waals surface area contributed by atoms with E-state index in [1.165, 1.54) is 0 Å². The van der Waals surface area contributed by atoms with Crippen LogP contribution >= 0.6 is 0 Å². The van der Waals surface area contributed by atoms with Crippen LogP contribution in [-0.4, -0.2) is 10.8 Å². The van der Waals surface area contributed by atoms with E-state index in [-0.39, 0.29) is 5.84 Å². The number of nitrogens with zero attached hydrogens (tertiary/aromatic N) is 2. The third-order valence-corrected chi connectivity index (χ3v) is 4.43. The number of anilines is 2. The van der Waals surface area contributed by atoms with E-state index in [1.807, 2.05) is 53.6 Å². The highest BCUT2D eigenvalue weighted by Gasteiger charge is 2.18. The summed E-state index contributed by atoms with van der Waals surface area (Å²) in [6.07, 6.45) is 4.05. The Bertz CT molecular complexity index is 1050. The van der Waals surface area contributed by atoms with E-state index in [2.05, 4.69) is 35.8 Å². The van der Waals surface area contributed by atoms with Gasteiger partial charge in [0.05, 0.1) is 5.69 Å². The van der Waals surface area contributed by atoms with Gasteiger partial charge in [-0.05, 0) is 41.0 Å². The molecule has 2 aromatic carbocycles. The Labute approximate surface area is 152 Å². The van der Waals surface area contributed by atoms with Crippen molar-refractivity contribution in [3.8, 4) is 0 Å². The fourth-order valence-corrected chi connectivity index (χ4v) is 3.14. The second-order valence-electron chi connectivity index (χ2n) is 6.06. The Morgan fingerprint density at radius 2 is 1.65 bits per heavy atom. The predicted molar refractivity (Wildman–Crippen MR) is 107 cm³/mol. The lowest BCUT2D eigenvalue weighted by Gasteiger charge is -2.26. The highest BCUT2D eigenvalue weighted by atomic mass is 15.2. The lowest BCUT2D eigenvalue weighted by Crippen LogP contribution is -2.17. The van der Waals surface area contributed by atoms with Crippen LogP contribution in [0.3, 0.4) is 0 Å². The SMILES string of the molecule is C=C1c2ccccc2/C=C\N(c2cccc(C(=N)N)n2)c2ccccc21. The summed E-state index contributed by atoms with van der Waals surface area (Å²) in [5.41, 5.74) is 11.3. The first kappa shape index (κ1) is 15.8. The molecule has 26 heavy (non-hydrogen) atoms. The summed E-state index contributed by atoms with van der Waals surface area (Å²) < 4.78 is 0. The molecule has 1 aliphatic heterocycles. The number of rotatable bonds is 2. The van der Waals surface area contributed by atoms with Crippen LogP contribution < -0.4 is 10.6 Å². The zero-order valence-electron chi connectivity index (χ0n) is 14.2. The summed E-state index contributed by atoms with van der Waals surface area (Å²) in [4.78, 5) is 6.55. The van der Waals surface area contributed by atoms with E-state index in [1.54, 1.807) is 6.07 Å². The Kier molecular flexibility index (Phi) is 3.86. The van der Waals surface area contributed by atoms with Crippen LogP contribution in [0.25, 0.3) is 11.6 Å². The Hall–Kier alpha value is -3.66. The number of benzene rings is 2. The summed E-state index contributed by atoms with van der Waals surface area (Å²) in [6.45, 7) is 4.34. The second kappa shape index (κ2) is 6.33. The molecule has 0 atom stereocenters. The first-order chi connectivity index (χ1) is 12.6. The van der Waals surface area contributed by atoms with Crippen LogP contribution in [0.4, 0.5) is 11.5 Å². The van der Waals surface area contributed by atoms with Gasteiger partial charge >= 0.3 is 0 Å². The zero-order chi connectivity index (χ0) is 18.1. The molecule has 0 amide bonds. The number of aromatic nitrogens is 1. The Balaban J connectivity index is 1.95. The van der Waals surface area contributed by atoms with Crippen molar-refractivity contribution in [1.29, 1.82) is 5.41 Å². The van der Waals surface area contributed by atoms with Crippen molar-refractivity contribution in [2.45, 2.75) is 0 Å². The summed E-state index contributed by atoms with van der Waals surface area (Å²) in [5.74, 6) is 0.652. The highest BCUT2D eigenvalue weighted by Crippen LogP contribution is 2.37. The van der Waals surface area contributed by atoms with Crippen molar-refractivity contribution in [3.63, 3.8) is 0 Å². The minimum absolute atomic E-state index is 0.0501. The van der Waals surface area contributed by atoms with Crippen molar-refractivity contribution >= 4 is 29.0 Å². The fourth-order valence-electron chi connectivity index (χ4n) is 3.14. The van der Waals surface area contributed by atoms with Crippen LogP contribution in [0.2, 0.25) is 0 Å². The largest absolute Gasteiger partial charge is 0.382 e. The van der Waals surface area contributed by atoms with E-state index >= 15 is 0 Å². The first-order valence-corrected chi connectivity index (χ1v) is 8.32. The molecule has 0 aliphatic carbocycles. The molecule has 0 radical (unpaired) electrons. The van der Waals surface area contributed by atoms with Gasteiger partial charge in [-0.1, -0.05) is 55.1 Å². The molecule has 1 aliphatic rings. The normalized spacial score (nSPS) is 14.0. The van der Waals surface area contributed by atoms with E-state index in [0.717, 1.165) is 28.0 Å². The minimum atomic E-state index is -0.0501. The van der Waals surface area contributed by atoms with Gasteiger partial charge in [0.25, 0.3) is 0 Å². The third kappa shape index (κ3) is 2.67. The smallest absolute Gasteiger partial charge is 0.141 e. The standard InChI is InChI=1S/C22H18N4/c1-15-17-8-3-2-7-16(17)13-14-26(20-11-5-4-9-18(15)20)21-12-6-10-19(25-21)22(23)24/h2-14H,1H2,(H3,23,24)/b14-13-. The summed E-state index contributed by atoms with van der Waals surface area (Å²) >= 11 is 0. The van der Waals surface area contributed by atoms with Crippen LogP contribution in [0, 0.1) is 5.41 Å². The molecule has 126 valence electrons. The number of nitrogens with two attached hydrogens (primary N) is 1. The molecule has 2 heterocycles. The van der Waals surface area contributed by atoms with Crippen LogP contribution in [0.1, 0.15) is 22.4 Å². The molecule has 4 rings (SSSR count). The number of fused-ring (bicyclic) bond motifs is 2. The lowest BCUT2D eigenvalue weighted by molar-refractivity contribution is 1.15. The molecule has 0 unspecified atom stereocenters. The number of hydrogen-bond donors (Lipinski definition) is 2. The lowest BCUT2D eigenvalue weighted by atomic mass is 9.92. The predicted octanol–water partition coefficient (Wildman–Crippen LogP) is 4.55. The van der Waals surface area contributed by atoms with Crippen molar-refractivity contribution in [1.82, 2.24) is 4.98 Å². The van der Waals surface area contributed by atoms with Gasteiger partial charge < -0.3 is 10.6 Å². The highest BCUT2D eigenvalue weighted by molar-refractivity contribution is 5.94. The molecule has 0 bridgehead atoms. The van der Waals surface area contributed by atoms with Crippen molar-refractivity contribution in [2.75, 3.05) is 4.90 Å². The van der Waals surface area contributed by atoms with Crippen LogP contribution in [0.5, 0.6) is 0 Å². The van der Waals surface area contributed by atoms with Gasteiger partial charge in [0.2, 0.25) is 0 Å². The molecule has 4 heteroatoms. The van der Waals surface area contributed by atoms with Gasteiger partial charge in [0.15, 0.2) is 0 Å². The van der Waals surface area contributed by atoms with Crippen molar-refractivity contribution < 1.29 is 0 Å². The van der Waals surface area contributed by atoms with E-state index < -0.39 is 0 Å². The maximum Gasteiger partial charge on any atom is 0.141 e. The number of hydrogen-bond acceptors (Lipinski definition) is 3. The Morgan fingerprint density at radius 3 is 2.46 bits per heavy atom. The monoisotopic (exact) mass is 338 g/mol. The van der Waals surface area contributed by atoms with Gasteiger partial charge in [-0.25, -0.2) is 4.98 Å². The van der Waals surface area contributed by atoms with Gasteiger partial charge in [0.1, 0.15) is 17.3 Å². The van der Waals surface area contributed by atoms with Crippen molar-refractivity contribution in [3.05, 3.63) is 102 Å². The van der Waals surface area contributed by atoms with Gasteiger partial charge in [-0.3, -0.25) is 5.41 Å². The molecule has 0 saturated carbocycles. The summed E-state index contributed by atoms with van der Waals surface area (Å²) in [6, 6.07) is 21.8. The first-order valence-electron chi connectivity index (χ1n) is 8.32. The van der Waals surface area contributed by atoms with Gasteiger partial charge in [-0.2, -0.15) is 0 Å².